The van der Waals surface area contributed by atoms with Crippen LogP contribution in [0.5, 0.6) is 0 Å². The zero-order chi connectivity index (χ0) is 10.9. The lowest BCUT2D eigenvalue weighted by Gasteiger charge is -2.33. The van der Waals surface area contributed by atoms with E-state index >= 15 is 0 Å². The summed E-state index contributed by atoms with van der Waals surface area (Å²) in [4.78, 5) is 22.2. The molecule has 3 N–H and O–H groups in total. The van der Waals surface area contributed by atoms with Crippen molar-refractivity contribution < 1.29 is 18.8 Å². The molecule has 0 radical (unpaired) electrons. The average molecular weight is 202 g/mol. The zero-order valence-corrected chi connectivity index (χ0v) is 8.61. The third-order valence-corrected chi connectivity index (χ3v) is 2.79. The number of amides is 3. The fourth-order valence-electron chi connectivity index (χ4n) is 1.52. The minimum atomic E-state index is -0.850. The summed E-state index contributed by atoms with van der Waals surface area (Å²) in [7, 11) is 1.72. The van der Waals surface area contributed by atoms with Crippen molar-refractivity contribution in [2.75, 3.05) is 13.6 Å². The molecule has 0 aromatic carbocycles. The van der Waals surface area contributed by atoms with E-state index in [0.717, 1.165) is 0 Å². The lowest BCUT2D eigenvalue weighted by atomic mass is 10.2. The van der Waals surface area contributed by atoms with Crippen LogP contribution in [-0.2, 0) is 4.74 Å². The van der Waals surface area contributed by atoms with Gasteiger partial charge < -0.3 is 10.5 Å². The fraction of sp³-hybridized carbons (Fsp3) is 0.750. The third kappa shape index (κ3) is 1.52. The third-order valence-electron chi connectivity index (χ3n) is 2.79. The topological polar surface area (TPSA) is 81.4 Å². The largest absolute Gasteiger partial charge is 0.420 e. The normalized spacial score (nSPS) is 31.7. The van der Waals surface area contributed by atoms with Gasteiger partial charge in [-0.3, -0.25) is 5.32 Å². The standard InChI is InChI=1S/C8H15N3O3/c1-5(2)11(3)6(14-7(9)12)4-10-8(11)13/h5-6H,4H2,1-3H3,(H2-,9,10,12,13)/p+1. The van der Waals surface area contributed by atoms with Gasteiger partial charge in [0.15, 0.2) is 0 Å². The van der Waals surface area contributed by atoms with Crippen LogP contribution in [0.4, 0.5) is 9.59 Å². The first-order valence-corrected chi connectivity index (χ1v) is 4.49. The van der Waals surface area contributed by atoms with Gasteiger partial charge in [-0.15, -0.1) is 0 Å². The minimum absolute atomic E-state index is 0.0295. The van der Waals surface area contributed by atoms with Gasteiger partial charge in [0, 0.05) is 0 Å². The molecule has 3 amide bonds. The number of primary amides is 1. The molecule has 0 bridgehead atoms. The Bertz CT molecular complexity index is 267. The molecule has 0 aromatic heterocycles. The molecule has 0 spiro atoms. The smallest absolute Gasteiger partial charge is 0.394 e. The number of hydrogen-bond acceptors (Lipinski definition) is 3. The number of hydrogen-bond donors (Lipinski definition) is 2. The minimum Gasteiger partial charge on any atom is -0.394 e. The van der Waals surface area contributed by atoms with Crippen molar-refractivity contribution >= 4 is 12.1 Å². The molecule has 6 nitrogen and oxygen atoms in total. The van der Waals surface area contributed by atoms with Crippen LogP contribution in [-0.4, -0.2) is 42.5 Å². The highest BCUT2D eigenvalue weighted by Crippen LogP contribution is 2.22. The van der Waals surface area contributed by atoms with Crippen molar-refractivity contribution in [2.24, 2.45) is 5.73 Å². The number of carbonyl (C=O) groups excluding carboxylic acids is 2. The molecular weight excluding hydrogens is 186 g/mol. The Kier molecular flexibility index (Phi) is 2.66. The highest BCUT2D eigenvalue weighted by atomic mass is 16.6. The van der Waals surface area contributed by atoms with E-state index in [1.54, 1.807) is 7.05 Å². The Morgan fingerprint density at radius 3 is 2.71 bits per heavy atom. The van der Waals surface area contributed by atoms with Crippen LogP contribution in [0.2, 0.25) is 0 Å². The van der Waals surface area contributed by atoms with Crippen LogP contribution < -0.4 is 11.1 Å². The second-order valence-electron chi connectivity index (χ2n) is 3.82. The molecule has 1 heterocycles. The van der Waals surface area contributed by atoms with Crippen molar-refractivity contribution in [2.45, 2.75) is 26.1 Å². The molecule has 1 saturated heterocycles. The predicted octanol–water partition coefficient (Wildman–Crippen LogP) is -0.0140. The van der Waals surface area contributed by atoms with Crippen LogP contribution >= 0.6 is 0 Å². The van der Waals surface area contributed by atoms with Gasteiger partial charge in [-0.25, -0.2) is 14.1 Å². The van der Waals surface area contributed by atoms with Gasteiger partial charge in [-0.1, -0.05) is 0 Å². The molecule has 2 atom stereocenters. The summed E-state index contributed by atoms with van der Waals surface area (Å²) < 4.78 is 4.92. The van der Waals surface area contributed by atoms with Gasteiger partial charge in [-0.05, 0) is 13.8 Å². The van der Waals surface area contributed by atoms with E-state index in [2.05, 4.69) is 5.32 Å². The SMILES string of the molecule is CC(C)[N+]1(C)C(=O)NCC1OC(N)=O. The van der Waals surface area contributed by atoms with Crippen molar-refractivity contribution in [1.82, 2.24) is 5.32 Å². The molecule has 0 aromatic rings. The maximum atomic E-state index is 11.6. The van der Waals surface area contributed by atoms with E-state index in [4.69, 9.17) is 10.5 Å². The number of nitrogens with two attached hydrogens (primary N) is 1. The van der Waals surface area contributed by atoms with E-state index < -0.39 is 12.3 Å². The predicted molar refractivity (Wildman–Crippen MR) is 49.2 cm³/mol. The van der Waals surface area contributed by atoms with E-state index in [1.165, 1.54) is 0 Å². The maximum Gasteiger partial charge on any atom is 0.420 e. The summed E-state index contributed by atoms with van der Waals surface area (Å²) in [5, 5.41) is 2.65. The Labute approximate surface area is 82.6 Å². The molecule has 1 aliphatic rings. The van der Waals surface area contributed by atoms with Crippen molar-refractivity contribution in [3.05, 3.63) is 0 Å². The molecule has 1 aliphatic heterocycles. The Hall–Kier alpha value is -1.30. The fourth-order valence-corrected chi connectivity index (χ4v) is 1.52. The lowest BCUT2D eigenvalue weighted by molar-refractivity contribution is -0.887. The molecule has 0 aliphatic carbocycles. The summed E-state index contributed by atoms with van der Waals surface area (Å²) in [6.45, 7) is 4.10. The summed E-state index contributed by atoms with van der Waals surface area (Å²) in [6, 6.07) is -0.118. The van der Waals surface area contributed by atoms with Crippen molar-refractivity contribution in [3.8, 4) is 0 Å². The van der Waals surface area contributed by atoms with Crippen LogP contribution in [0, 0.1) is 0 Å². The highest BCUT2D eigenvalue weighted by molar-refractivity contribution is 5.70. The van der Waals surface area contributed by atoms with Crippen LogP contribution in [0.15, 0.2) is 0 Å². The number of urea groups is 1. The van der Waals surface area contributed by atoms with E-state index in [-0.39, 0.29) is 16.6 Å². The van der Waals surface area contributed by atoms with Crippen LogP contribution in [0.1, 0.15) is 13.8 Å². The van der Waals surface area contributed by atoms with E-state index in [0.29, 0.717) is 6.54 Å². The quantitative estimate of drug-likeness (QED) is 0.618. The number of nitrogens with zero attached hydrogens (tertiary/aromatic N) is 1. The number of likely N-dealkylation sites (N-methyl/N-ethyl adjacent to an activating group) is 1. The molecule has 80 valence electrons. The van der Waals surface area contributed by atoms with Crippen molar-refractivity contribution in [1.29, 1.82) is 0 Å². The monoisotopic (exact) mass is 202 g/mol. The molecular formula is C8H16N3O3+. The Morgan fingerprint density at radius 2 is 2.29 bits per heavy atom. The van der Waals surface area contributed by atoms with Crippen LogP contribution in [0.3, 0.4) is 0 Å². The van der Waals surface area contributed by atoms with E-state index in [1.807, 2.05) is 13.8 Å². The molecule has 1 rings (SSSR count). The van der Waals surface area contributed by atoms with E-state index in [9.17, 15) is 9.59 Å². The van der Waals surface area contributed by atoms with Crippen molar-refractivity contribution in [3.63, 3.8) is 0 Å². The zero-order valence-electron chi connectivity index (χ0n) is 8.61. The first-order chi connectivity index (χ1) is 6.39. The molecule has 0 saturated carbocycles. The number of rotatable bonds is 2. The van der Waals surface area contributed by atoms with Gasteiger partial charge in [-0.2, -0.15) is 0 Å². The second kappa shape index (κ2) is 3.45. The van der Waals surface area contributed by atoms with Gasteiger partial charge in [0.2, 0.25) is 0 Å². The first kappa shape index (κ1) is 10.8. The van der Waals surface area contributed by atoms with Gasteiger partial charge in [0.05, 0.1) is 13.1 Å². The molecule has 1 fully saturated rings. The summed E-state index contributed by atoms with van der Waals surface area (Å²) in [5.41, 5.74) is 4.93. The molecule has 2 unspecified atom stereocenters. The van der Waals surface area contributed by atoms with Gasteiger partial charge in [0.25, 0.3) is 6.23 Å². The van der Waals surface area contributed by atoms with Gasteiger partial charge >= 0.3 is 12.1 Å². The maximum absolute atomic E-state index is 11.6. The number of nitrogens with one attached hydrogen (secondary N) is 1. The number of quaternary nitrogens is 1. The van der Waals surface area contributed by atoms with Crippen LogP contribution in [0.25, 0.3) is 0 Å². The highest BCUT2D eigenvalue weighted by Gasteiger charge is 2.50. The Balaban J connectivity index is 2.86. The first-order valence-electron chi connectivity index (χ1n) is 4.49. The lowest BCUT2D eigenvalue weighted by Crippen LogP contribution is -2.58. The summed E-state index contributed by atoms with van der Waals surface area (Å²) in [6.07, 6.45) is -1.38. The second-order valence-corrected chi connectivity index (χ2v) is 3.82. The summed E-state index contributed by atoms with van der Waals surface area (Å²) in [5.74, 6) is 0. The molecule has 6 heteroatoms. The molecule has 14 heavy (non-hydrogen) atoms. The van der Waals surface area contributed by atoms with Gasteiger partial charge in [0.1, 0.15) is 6.54 Å². The summed E-state index contributed by atoms with van der Waals surface area (Å²) >= 11 is 0. The number of carbonyl (C=O) groups is 2. The average Bonchev–Trinajstić information content (AvgIpc) is 2.33. The Morgan fingerprint density at radius 1 is 1.71 bits per heavy atom. The number of ether oxygens (including phenoxy) is 1.